The molecule has 1 aliphatic rings. The van der Waals surface area contributed by atoms with E-state index >= 15 is 0 Å². The number of benzene rings is 2. The Morgan fingerprint density at radius 1 is 1.07 bits per heavy atom. The molecule has 1 aliphatic heterocycles. The van der Waals surface area contributed by atoms with E-state index in [1.807, 2.05) is 0 Å². The summed E-state index contributed by atoms with van der Waals surface area (Å²) in [6, 6.07) is 11.9. The quantitative estimate of drug-likeness (QED) is 0.745. The number of nitrogens with zero attached hydrogens (tertiary/aromatic N) is 1. The van der Waals surface area contributed by atoms with E-state index in [-0.39, 0.29) is 31.0 Å². The molecule has 0 bridgehead atoms. The molecule has 1 heterocycles. The van der Waals surface area contributed by atoms with Crippen molar-refractivity contribution in [2.75, 3.05) is 18.8 Å². The van der Waals surface area contributed by atoms with E-state index in [1.54, 1.807) is 24.3 Å². The maximum Gasteiger partial charge on any atom is 0.218 e. The number of rotatable bonds is 4. The van der Waals surface area contributed by atoms with Crippen molar-refractivity contribution in [1.29, 1.82) is 0 Å². The molecular weight excluding hydrogens is 413 g/mol. The molecule has 9 heteroatoms. The van der Waals surface area contributed by atoms with Gasteiger partial charge in [-0.25, -0.2) is 25.5 Å². The van der Waals surface area contributed by atoms with Gasteiger partial charge in [-0.2, -0.15) is 0 Å². The second kappa shape index (κ2) is 7.87. The first-order valence-corrected chi connectivity index (χ1v) is 12.1. The van der Waals surface area contributed by atoms with Gasteiger partial charge in [0.05, 0.1) is 16.8 Å². The van der Waals surface area contributed by atoms with E-state index in [0.717, 1.165) is 0 Å². The maximum absolute atomic E-state index is 13.0. The standard InChI is InChI=1S/C18H19ClFNO4S2/c19-17-4-2-1-3-16(17)18-9-10-21(11-12-26(18,22)23)27(24,25)13-14-5-7-15(20)8-6-14/h1-8,18H,9-13H2. The largest absolute Gasteiger partial charge is 0.228 e. The van der Waals surface area contributed by atoms with Gasteiger partial charge in [0.25, 0.3) is 0 Å². The lowest BCUT2D eigenvalue weighted by molar-refractivity contribution is 0.427. The summed E-state index contributed by atoms with van der Waals surface area (Å²) in [5.74, 6) is -1.02. The number of halogens is 2. The van der Waals surface area contributed by atoms with Crippen molar-refractivity contribution in [2.24, 2.45) is 0 Å². The van der Waals surface area contributed by atoms with Gasteiger partial charge in [0.2, 0.25) is 10.0 Å². The Morgan fingerprint density at radius 3 is 2.41 bits per heavy atom. The minimum absolute atomic E-state index is 0.0820. The van der Waals surface area contributed by atoms with Crippen LogP contribution in [0.5, 0.6) is 0 Å². The van der Waals surface area contributed by atoms with Crippen molar-refractivity contribution in [3.05, 3.63) is 70.5 Å². The van der Waals surface area contributed by atoms with Crippen molar-refractivity contribution in [3.63, 3.8) is 0 Å². The second-order valence-corrected chi connectivity index (χ2v) is 11.1. The van der Waals surface area contributed by atoms with Crippen LogP contribution in [-0.4, -0.2) is 40.0 Å². The molecule has 0 amide bonds. The fourth-order valence-corrected chi connectivity index (χ4v) is 6.98. The number of sulfone groups is 1. The number of hydrogen-bond donors (Lipinski definition) is 0. The van der Waals surface area contributed by atoms with Gasteiger partial charge in [-0.15, -0.1) is 0 Å². The molecule has 1 saturated heterocycles. The molecule has 27 heavy (non-hydrogen) atoms. The molecule has 0 saturated carbocycles. The van der Waals surface area contributed by atoms with Crippen LogP contribution in [0.15, 0.2) is 48.5 Å². The van der Waals surface area contributed by atoms with Gasteiger partial charge >= 0.3 is 0 Å². The molecule has 3 rings (SSSR count). The van der Waals surface area contributed by atoms with Crippen molar-refractivity contribution in [3.8, 4) is 0 Å². The Morgan fingerprint density at radius 2 is 1.74 bits per heavy atom. The van der Waals surface area contributed by atoms with Crippen molar-refractivity contribution < 1.29 is 21.2 Å². The van der Waals surface area contributed by atoms with Gasteiger partial charge in [0.1, 0.15) is 5.82 Å². The monoisotopic (exact) mass is 431 g/mol. The zero-order chi connectivity index (χ0) is 19.7. The van der Waals surface area contributed by atoms with Crippen LogP contribution >= 0.6 is 11.6 Å². The zero-order valence-corrected chi connectivity index (χ0v) is 16.8. The fourth-order valence-electron chi connectivity index (χ4n) is 3.17. The first-order chi connectivity index (χ1) is 12.7. The maximum atomic E-state index is 13.0. The van der Waals surface area contributed by atoms with Crippen molar-refractivity contribution in [1.82, 2.24) is 4.31 Å². The Kier molecular flexibility index (Phi) is 5.90. The number of sulfonamides is 1. The summed E-state index contributed by atoms with van der Waals surface area (Å²) < 4.78 is 65.1. The fraction of sp³-hybridized carbons (Fsp3) is 0.333. The first-order valence-electron chi connectivity index (χ1n) is 8.37. The SMILES string of the molecule is O=S1(=O)CCN(S(=O)(=O)Cc2ccc(F)cc2)CCC1c1ccccc1Cl. The second-order valence-electron chi connectivity index (χ2n) is 6.45. The number of hydrogen-bond acceptors (Lipinski definition) is 4. The van der Waals surface area contributed by atoms with Crippen LogP contribution in [0, 0.1) is 5.82 Å². The molecule has 1 unspecified atom stereocenters. The van der Waals surface area contributed by atoms with Crippen LogP contribution in [0.2, 0.25) is 5.02 Å². The summed E-state index contributed by atoms with van der Waals surface area (Å²) in [5, 5.41) is -0.481. The molecule has 2 aromatic carbocycles. The summed E-state index contributed by atoms with van der Waals surface area (Å²) in [4.78, 5) is 0. The van der Waals surface area contributed by atoms with Crippen molar-refractivity contribution in [2.45, 2.75) is 17.4 Å². The molecule has 0 aromatic heterocycles. The first kappa shape index (κ1) is 20.3. The zero-order valence-electron chi connectivity index (χ0n) is 14.4. The normalized spacial score (nSPS) is 20.9. The lowest BCUT2D eigenvalue weighted by atomic mass is 10.1. The van der Waals surface area contributed by atoms with Crippen LogP contribution in [0.25, 0.3) is 0 Å². The van der Waals surface area contributed by atoms with E-state index < -0.39 is 30.9 Å². The third-order valence-corrected chi connectivity index (χ3v) is 8.91. The third-order valence-electron chi connectivity index (χ3n) is 4.61. The predicted octanol–water partition coefficient (Wildman–Crippen LogP) is 3.17. The summed E-state index contributed by atoms with van der Waals surface area (Å²) in [6.45, 7) is -0.0224. The summed E-state index contributed by atoms with van der Waals surface area (Å²) >= 11 is 6.16. The van der Waals surface area contributed by atoms with Crippen LogP contribution in [0.4, 0.5) is 4.39 Å². The molecular formula is C18H19ClFNO4S2. The highest BCUT2D eigenvalue weighted by atomic mass is 35.5. The third kappa shape index (κ3) is 4.68. The Bertz CT molecular complexity index is 1020. The minimum atomic E-state index is -3.73. The summed E-state index contributed by atoms with van der Waals surface area (Å²) in [7, 11) is -7.27. The molecule has 1 fully saturated rings. The van der Waals surface area contributed by atoms with Crippen LogP contribution in [0.1, 0.15) is 22.8 Å². The topological polar surface area (TPSA) is 71.5 Å². The highest BCUT2D eigenvalue weighted by molar-refractivity contribution is 7.92. The van der Waals surface area contributed by atoms with Crippen LogP contribution < -0.4 is 0 Å². The van der Waals surface area contributed by atoms with Gasteiger partial charge in [-0.05, 0) is 35.7 Å². The highest BCUT2D eigenvalue weighted by Crippen LogP contribution is 2.34. The van der Waals surface area contributed by atoms with Gasteiger partial charge < -0.3 is 0 Å². The van der Waals surface area contributed by atoms with Crippen molar-refractivity contribution >= 4 is 31.5 Å². The van der Waals surface area contributed by atoms with E-state index in [2.05, 4.69) is 0 Å². The van der Waals surface area contributed by atoms with Gasteiger partial charge in [0, 0.05) is 18.1 Å². The predicted molar refractivity (Wildman–Crippen MR) is 103 cm³/mol. The lowest BCUT2D eigenvalue weighted by Gasteiger charge is -2.20. The molecule has 5 nitrogen and oxygen atoms in total. The average Bonchev–Trinajstić information content (AvgIpc) is 2.76. The lowest BCUT2D eigenvalue weighted by Crippen LogP contribution is -2.34. The minimum Gasteiger partial charge on any atom is -0.228 e. The summed E-state index contributed by atoms with van der Waals surface area (Å²) in [6.07, 6.45) is 0.134. The van der Waals surface area contributed by atoms with Gasteiger partial charge in [-0.3, -0.25) is 0 Å². The summed E-state index contributed by atoms with van der Waals surface area (Å²) in [5.41, 5.74) is 0.947. The van der Waals surface area contributed by atoms with Crippen LogP contribution in [0.3, 0.4) is 0 Å². The van der Waals surface area contributed by atoms with Crippen LogP contribution in [-0.2, 0) is 25.6 Å². The molecule has 0 radical (unpaired) electrons. The molecule has 2 aromatic rings. The van der Waals surface area contributed by atoms with E-state index in [0.29, 0.717) is 16.1 Å². The smallest absolute Gasteiger partial charge is 0.218 e. The Hall–Kier alpha value is -1.48. The van der Waals surface area contributed by atoms with Gasteiger partial charge in [-0.1, -0.05) is 41.9 Å². The average molecular weight is 432 g/mol. The molecule has 0 aliphatic carbocycles. The van der Waals surface area contributed by atoms with E-state index in [1.165, 1.54) is 28.6 Å². The van der Waals surface area contributed by atoms with E-state index in [9.17, 15) is 21.2 Å². The molecule has 1 atom stereocenters. The van der Waals surface area contributed by atoms with Gasteiger partial charge in [0.15, 0.2) is 9.84 Å². The Balaban J connectivity index is 1.82. The molecule has 0 spiro atoms. The highest BCUT2D eigenvalue weighted by Gasteiger charge is 2.35. The Labute approximate surface area is 163 Å². The molecule has 146 valence electrons. The molecule has 0 N–H and O–H groups in total. The van der Waals surface area contributed by atoms with E-state index in [4.69, 9.17) is 11.6 Å².